The van der Waals surface area contributed by atoms with Gasteiger partial charge in [-0.05, 0) is 43.9 Å². The standard InChI is InChI=1S/C13H21NO2/c1-9-7-11(15-3)8-13(16-4)12(9)6-5-10(2)14/h7-8,10H,5-6,14H2,1-4H3. The number of nitrogens with two attached hydrogens (primary N) is 1. The summed E-state index contributed by atoms with van der Waals surface area (Å²) in [6.07, 6.45) is 1.90. The molecule has 0 amide bonds. The first-order valence-corrected chi connectivity index (χ1v) is 5.55. The molecule has 1 rings (SSSR count). The third-order valence-electron chi connectivity index (χ3n) is 2.71. The number of benzene rings is 1. The summed E-state index contributed by atoms with van der Waals surface area (Å²) < 4.78 is 10.6. The molecule has 0 heterocycles. The number of hydrogen-bond acceptors (Lipinski definition) is 3. The van der Waals surface area contributed by atoms with E-state index in [1.54, 1.807) is 14.2 Å². The molecule has 1 aromatic carbocycles. The van der Waals surface area contributed by atoms with E-state index in [0.717, 1.165) is 24.3 Å². The molecule has 0 spiro atoms. The van der Waals surface area contributed by atoms with Gasteiger partial charge in [0, 0.05) is 12.1 Å². The van der Waals surface area contributed by atoms with Crippen LogP contribution in [0.2, 0.25) is 0 Å². The second-order valence-corrected chi connectivity index (χ2v) is 4.14. The van der Waals surface area contributed by atoms with Gasteiger partial charge < -0.3 is 15.2 Å². The fraction of sp³-hybridized carbons (Fsp3) is 0.538. The zero-order valence-corrected chi connectivity index (χ0v) is 10.5. The van der Waals surface area contributed by atoms with Gasteiger partial charge in [0.25, 0.3) is 0 Å². The maximum absolute atomic E-state index is 5.77. The molecule has 1 aromatic rings. The highest BCUT2D eigenvalue weighted by molar-refractivity contribution is 5.46. The minimum Gasteiger partial charge on any atom is -0.497 e. The van der Waals surface area contributed by atoms with Gasteiger partial charge in [-0.25, -0.2) is 0 Å². The second kappa shape index (κ2) is 5.75. The van der Waals surface area contributed by atoms with Gasteiger partial charge in [0.05, 0.1) is 14.2 Å². The predicted molar refractivity (Wildman–Crippen MR) is 66.3 cm³/mol. The van der Waals surface area contributed by atoms with Gasteiger partial charge in [-0.15, -0.1) is 0 Å². The molecule has 0 aliphatic heterocycles. The summed E-state index contributed by atoms with van der Waals surface area (Å²) in [6, 6.07) is 4.16. The van der Waals surface area contributed by atoms with E-state index < -0.39 is 0 Å². The third kappa shape index (κ3) is 3.14. The van der Waals surface area contributed by atoms with E-state index >= 15 is 0 Å². The van der Waals surface area contributed by atoms with Crippen LogP contribution in [0.3, 0.4) is 0 Å². The lowest BCUT2D eigenvalue weighted by Gasteiger charge is -2.14. The fourth-order valence-corrected chi connectivity index (χ4v) is 1.75. The zero-order chi connectivity index (χ0) is 12.1. The van der Waals surface area contributed by atoms with E-state index in [2.05, 4.69) is 6.92 Å². The average Bonchev–Trinajstić information content (AvgIpc) is 2.26. The number of hydrogen-bond donors (Lipinski definition) is 1. The van der Waals surface area contributed by atoms with Crippen LogP contribution in [0.15, 0.2) is 12.1 Å². The summed E-state index contributed by atoms with van der Waals surface area (Å²) in [6.45, 7) is 4.09. The van der Waals surface area contributed by atoms with E-state index in [1.165, 1.54) is 11.1 Å². The van der Waals surface area contributed by atoms with Crippen LogP contribution in [-0.4, -0.2) is 20.3 Å². The lowest BCUT2D eigenvalue weighted by Crippen LogP contribution is -2.15. The van der Waals surface area contributed by atoms with Crippen LogP contribution in [0.4, 0.5) is 0 Å². The van der Waals surface area contributed by atoms with Crippen molar-refractivity contribution in [2.45, 2.75) is 32.7 Å². The smallest absolute Gasteiger partial charge is 0.126 e. The van der Waals surface area contributed by atoms with Gasteiger partial charge in [0.15, 0.2) is 0 Å². The van der Waals surface area contributed by atoms with Gasteiger partial charge >= 0.3 is 0 Å². The summed E-state index contributed by atoms with van der Waals surface area (Å²) in [4.78, 5) is 0. The first-order chi connectivity index (χ1) is 7.58. The molecule has 2 N–H and O–H groups in total. The first kappa shape index (κ1) is 12.8. The molecule has 0 saturated heterocycles. The zero-order valence-electron chi connectivity index (χ0n) is 10.5. The van der Waals surface area contributed by atoms with Crippen molar-refractivity contribution in [3.05, 3.63) is 23.3 Å². The van der Waals surface area contributed by atoms with Gasteiger partial charge in [-0.2, -0.15) is 0 Å². The molecule has 1 atom stereocenters. The Morgan fingerprint density at radius 1 is 1.25 bits per heavy atom. The molecule has 90 valence electrons. The highest BCUT2D eigenvalue weighted by Gasteiger charge is 2.10. The molecular weight excluding hydrogens is 202 g/mol. The van der Waals surface area contributed by atoms with Crippen molar-refractivity contribution < 1.29 is 9.47 Å². The van der Waals surface area contributed by atoms with Crippen molar-refractivity contribution >= 4 is 0 Å². The molecule has 3 nitrogen and oxygen atoms in total. The van der Waals surface area contributed by atoms with Crippen LogP contribution in [-0.2, 0) is 6.42 Å². The van der Waals surface area contributed by atoms with Crippen molar-refractivity contribution in [2.75, 3.05) is 14.2 Å². The Balaban J connectivity index is 2.97. The minimum atomic E-state index is 0.214. The summed E-state index contributed by atoms with van der Waals surface area (Å²) in [7, 11) is 3.35. The Bertz CT molecular complexity index is 348. The molecule has 0 radical (unpaired) electrons. The molecule has 0 aliphatic rings. The van der Waals surface area contributed by atoms with Crippen molar-refractivity contribution in [1.29, 1.82) is 0 Å². The molecule has 0 aromatic heterocycles. The number of ether oxygens (including phenoxy) is 2. The Morgan fingerprint density at radius 2 is 1.94 bits per heavy atom. The number of aryl methyl sites for hydroxylation is 1. The molecular formula is C13H21NO2. The topological polar surface area (TPSA) is 44.5 Å². The molecule has 16 heavy (non-hydrogen) atoms. The van der Waals surface area contributed by atoms with Gasteiger partial charge in [0.1, 0.15) is 11.5 Å². The van der Waals surface area contributed by atoms with Crippen molar-refractivity contribution in [3.63, 3.8) is 0 Å². The first-order valence-electron chi connectivity index (χ1n) is 5.55. The maximum atomic E-state index is 5.77. The highest BCUT2D eigenvalue weighted by Crippen LogP contribution is 2.29. The van der Waals surface area contributed by atoms with Crippen molar-refractivity contribution in [1.82, 2.24) is 0 Å². The van der Waals surface area contributed by atoms with Crippen LogP contribution in [0.1, 0.15) is 24.5 Å². The number of methoxy groups -OCH3 is 2. The van der Waals surface area contributed by atoms with Gasteiger partial charge in [0.2, 0.25) is 0 Å². The Hall–Kier alpha value is -1.22. The molecule has 3 heteroatoms. The van der Waals surface area contributed by atoms with Crippen LogP contribution >= 0.6 is 0 Å². The molecule has 0 fully saturated rings. The second-order valence-electron chi connectivity index (χ2n) is 4.14. The summed E-state index contributed by atoms with van der Waals surface area (Å²) in [5.41, 5.74) is 8.19. The quantitative estimate of drug-likeness (QED) is 0.833. The van der Waals surface area contributed by atoms with E-state index in [1.807, 2.05) is 19.1 Å². The lowest BCUT2D eigenvalue weighted by molar-refractivity contribution is 0.389. The van der Waals surface area contributed by atoms with Crippen LogP contribution in [0, 0.1) is 6.92 Å². The Kier molecular flexibility index (Phi) is 4.62. The number of rotatable bonds is 5. The van der Waals surface area contributed by atoms with E-state index in [9.17, 15) is 0 Å². The lowest BCUT2D eigenvalue weighted by atomic mass is 10.0. The van der Waals surface area contributed by atoms with Gasteiger partial charge in [-0.1, -0.05) is 0 Å². The summed E-state index contributed by atoms with van der Waals surface area (Å²) >= 11 is 0. The largest absolute Gasteiger partial charge is 0.497 e. The summed E-state index contributed by atoms with van der Waals surface area (Å²) in [5.74, 6) is 1.72. The SMILES string of the molecule is COc1cc(C)c(CCC(C)N)c(OC)c1. The van der Waals surface area contributed by atoms with E-state index in [-0.39, 0.29) is 6.04 Å². The minimum absolute atomic E-state index is 0.214. The van der Waals surface area contributed by atoms with Crippen LogP contribution < -0.4 is 15.2 Å². The molecule has 1 unspecified atom stereocenters. The van der Waals surface area contributed by atoms with E-state index in [4.69, 9.17) is 15.2 Å². The fourth-order valence-electron chi connectivity index (χ4n) is 1.75. The highest BCUT2D eigenvalue weighted by atomic mass is 16.5. The predicted octanol–water partition coefficient (Wildman–Crippen LogP) is 2.29. The molecule has 0 saturated carbocycles. The van der Waals surface area contributed by atoms with Gasteiger partial charge in [-0.3, -0.25) is 0 Å². The average molecular weight is 223 g/mol. The molecule has 0 bridgehead atoms. The maximum Gasteiger partial charge on any atom is 0.126 e. The summed E-state index contributed by atoms with van der Waals surface area (Å²) in [5, 5.41) is 0. The van der Waals surface area contributed by atoms with Crippen LogP contribution in [0.5, 0.6) is 11.5 Å². The Labute approximate surface area is 97.6 Å². The van der Waals surface area contributed by atoms with Crippen molar-refractivity contribution in [2.24, 2.45) is 5.73 Å². The van der Waals surface area contributed by atoms with Crippen molar-refractivity contribution in [3.8, 4) is 11.5 Å². The molecule has 0 aliphatic carbocycles. The Morgan fingerprint density at radius 3 is 2.44 bits per heavy atom. The van der Waals surface area contributed by atoms with E-state index in [0.29, 0.717) is 0 Å². The van der Waals surface area contributed by atoms with Crippen LogP contribution in [0.25, 0.3) is 0 Å². The monoisotopic (exact) mass is 223 g/mol. The normalized spacial score (nSPS) is 12.3. The third-order valence-corrected chi connectivity index (χ3v) is 2.71.